The van der Waals surface area contributed by atoms with Gasteiger partial charge in [0.05, 0.1) is 33.0 Å². The topological polar surface area (TPSA) is 30.7 Å². The number of thiophene rings is 1. The van der Waals surface area contributed by atoms with Gasteiger partial charge in [-0.25, -0.2) is 9.97 Å². The summed E-state index contributed by atoms with van der Waals surface area (Å²) in [5, 5.41) is 6.05. The first kappa shape index (κ1) is 28.6. The summed E-state index contributed by atoms with van der Waals surface area (Å²) in [6.45, 7) is 0. The first-order chi connectivity index (χ1) is 24.8. The standard InChI is InChI=1S/C46H29N3S/c1-2-12-30(13-3-1)31-22-23-33-27-34(25-24-32(33)26-31)39-29-40(45-28-35-14-4-11-21-44(35)50-45)48-46(47-39)38-17-7-10-20-43(38)49-41-18-8-5-15-36(41)37-16-6-9-19-42(37)49/h1-29H. The van der Waals surface area contributed by atoms with Crippen molar-refractivity contribution in [3.8, 4) is 50.0 Å². The maximum Gasteiger partial charge on any atom is 0.162 e. The van der Waals surface area contributed by atoms with Crippen LogP contribution < -0.4 is 0 Å². The molecule has 0 unspecified atom stereocenters. The minimum Gasteiger partial charge on any atom is -0.309 e. The molecular formula is C46H29N3S. The van der Waals surface area contributed by atoms with Crippen LogP contribution in [-0.2, 0) is 0 Å². The van der Waals surface area contributed by atoms with Crippen LogP contribution in [0.2, 0.25) is 0 Å². The lowest BCUT2D eigenvalue weighted by Gasteiger charge is -2.15. The zero-order valence-electron chi connectivity index (χ0n) is 27.0. The lowest BCUT2D eigenvalue weighted by Crippen LogP contribution is -2.01. The number of para-hydroxylation sites is 3. The quantitative estimate of drug-likeness (QED) is 0.185. The zero-order chi connectivity index (χ0) is 33.0. The molecule has 0 spiro atoms. The van der Waals surface area contributed by atoms with E-state index in [1.54, 1.807) is 11.3 Å². The molecule has 0 radical (unpaired) electrons. The molecule has 0 N–H and O–H groups in total. The summed E-state index contributed by atoms with van der Waals surface area (Å²) in [7, 11) is 0. The molecule has 3 aromatic heterocycles. The van der Waals surface area contributed by atoms with E-state index in [0.717, 1.165) is 44.1 Å². The number of rotatable bonds is 5. The summed E-state index contributed by atoms with van der Waals surface area (Å²) >= 11 is 1.77. The molecule has 7 aromatic carbocycles. The van der Waals surface area contributed by atoms with Crippen LogP contribution in [-0.4, -0.2) is 14.5 Å². The van der Waals surface area contributed by atoms with Crippen LogP contribution in [0.15, 0.2) is 176 Å². The second-order valence-corrected chi connectivity index (χ2v) is 13.7. The van der Waals surface area contributed by atoms with Crippen molar-refractivity contribution in [3.05, 3.63) is 176 Å². The Morgan fingerprint density at radius 1 is 0.420 bits per heavy atom. The van der Waals surface area contributed by atoms with Crippen molar-refractivity contribution >= 4 is 54.0 Å². The third-order valence-corrected chi connectivity index (χ3v) is 10.8. The van der Waals surface area contributed by atoms with Gasteiger partial charge in [-0.05, 0) is 81.9 Å². The Morgan fingerprint density at radius 3 is 1.82 bits per heavy atom. The average Bonchev–Trinajstić information content (AvgIpc) is 3.78. The fraction of sp³-hybridized carbons (Fsp3) is 0. The van der Waals surface area contributed by atoms with Gasteiger partial charge in [0.15, 0.2) is 5.82 Å². The minimum absolute atomic E-state index is 0.701. The predicted octanol–water partition coefficient (Wildman–Crippen LogP) is 12.6. The second kappa shape index (κ2) is 11.7. The highest BCUT2D eigenvalue weighted by Gasteiger charge is 2.19. The summed E-state index contributed by atoms with van der Waals surface area (Å²) < 4.78 is 3.60. The monoisotopic (exact) mass is 655 g/mol. The summed E-state index contributed by atoms with van der Waals surface area (Å²) in [5.41, 5.74) is 9.66. The van der Waals surface area contributed by atoms with E-state index in [1.165, 1.54) is 42.8 Å². The molecule has 0 aliphatic heterocycles. The highest BCUT2D eigenvalue weighted by atomic mass is 32.1. The molecule has 0 aliphatic carbocycles. The molecule has 0 atom stereocenters. The smallest absolute Gasteiger partial charge is 0.162 e. The Bertz CT molecular complexity index is 2800. The SMILES string of the molecule is c1ccc(-c2ccc3cc(-c4cc(-c5cc6ccccc6s5)nc(-c5ccccc5-n5c6ccccc6c6ccccc65)n4)ccc3c2)cc1. The number of hydrogen-bond donors (Lipinski definition) is 0. The van der Waals surface area contributed by atoms with Crippen LogP contribution in [0.4, 0.5) is 0 Å². The Morgan fingerprint density at radius 2 is 1.04 bits per heavy atom. The third-order valence-electron chi connectivity index (χ3n) is 9.61. The molecule has 4 heteroatoms. The maximum atomic E-state index is 5.34. The van der Waals surface area contributed by atoms with E-state index in [2.05, 4.69) is 180 Å². The molecular weight excluding hydrogens is 627 g/mol. The molecule has 50 heavy (non-hydrogen) atoms. The van der Waals surface area contributed by atoms with Crippen molar-refractivity contribution in [3.63, 3.8) is 0 Å². The normalized spacial score (nSPS) is 11.6. The van der Waals surface area contributed by atoms with Crippen LogP contribution in [0, 0.1) is 0 Å². The molecule has 3 nitrogen and oxygen atoms in total. The molecule has 0 saturated carbocycles. The Balaban J connectivity index is 1.18. The van der Waals surface area contributed by atoms with Crippen LogP contribution in [0.1, 0.15) is 0 Å². The van der Waals surface area contributed by atoms with Gasteiger partial charge in [-0.1, -0.05) is 121 Å². The number of fused-ring (bicyclic) bond motifs is 5. The van der Waals surface area contributed by atoms with E-state index in [4.69, 9.17) is 9.97 Å². The van der Waals surface area contributed by atoms with Crippen LogP contribution in [0.5, 0.6) is 0 Å². The van der Waals surface area contributed by atoms with E-state index >= 15 is 0 Å². The molecule has 10 rings (SSSR count). The lowest BCUT2D eigenvalue weighted by atomic mass is 9.99. The molecule has 0 amide bonds. The summed E-state index contributed by atoms with van der Waals surface area (Å²) in [4.78, 5) is 11.8. The molecule has 0 aliphatic rings. The Hall–Kier alpha value is -6.36. The highest BCUT2D eigenvalue weighted by molar-refractivity contribution is 7.22. The number of aromatic nitrogens is 3. The van der Waals surface area contributed by atoms with Gasteiger partial charge in [0.1, 0.15) is 0 Å². The van der Waals surface area contributed by atoms with Crippen molar-refractivity contribution < 1.29 is 0 Å². The summed E-state index contributed by atoms with van der Waals surface area (Å²) in [6.07, 6.45) is 0. The van der Waals surface area contributed by atoms with Crippen LogP contribution in [0.3, 0.4) is 0 Å². The van der Waals surface area contributed by atoms with Gasteiger partial charge >= 0.3 is 0 Å². The van der Waals surface area contributed by atoms with Crippen LogP contribution in [0.25, 0.3) is 92.7 Å². The summed E-state index contributed by atoms with van der Waals surface area (Å²) in [5.74, 6) is 0.701. The van der Waals surface area contributed by atoms with E-state index in [9.17, 15) is 0 Å². The number of benzene rings is 7. The zero-order valence-corrected chi connectivity index (χ0v) is 27.8. The lowest BCUT2D eigenvalue weighted by molar-refractivity contribution is 1.14. The predicted molar refractivity (Wildman–Crippen MR) is 211 cm³/mol. The van der Waals surface area contributed by atoms with Gasteiger partial charge in [0.25, 0.3) is 0 Å². The Kier molecular flexibility index (Phi) is 6.68. The van der Waals surface area contributed by atoms with Crippen molar-refractivity contribution in [2.24, 2.45) is 0 Å². The second-order valence-electron chi connectivity index (χ2n) is 12.6. The first-order valence-electron chi connectivity index (χ1n) is 16.8. The van der Waals surface area contributed by atoms with Crippen LogP contribution >= 0.6 is 11.3 Å². The first-order valence-corrected chi connectivity index (χ1v) is 17.6. The van der Waals surface area contributed by atoms with Crippen molar-refractivity contribution in [2.75, 3.05) is 0 Å². The van der Waals surface area contributed by atoms with E-state index in [1.807, 2.05) is 0 Å². The number of hydrogen-bond acceptors (Lipinski definition) is 3. The minimum atomic E-state index is 0.701. The van der Waals surface area contributed by atoms with Gasteiger partial charge in [0.2, 0.25) is 0 Å². The molecule has 0 bridgehead atoms. The van der Waals surface area contributed by atoms with Gasteiger partial charge < -0.3 is 4.57 Å². The highest BCUT2D eigenvalue weighted by Crippen LogP contribution is 2.39. The molecule has 3 heterocycles. The molecule has 0 fully saturated rings. The van der Waals surface area contributed by atoms with Crippen molar-refractivity contribution in [2.45, 2.75) is 0 Å². The fourth-order valence-electron chi connectivity index (χ4n) is 7.20. The van der Waals surface area contributed by atoms with E-state index in [0.29, 0.717) is 5.82 Å². The van der Waals surface area contributed by atoms with E-state index < -0.39 is 0 Å². The van der Waals surface area contributed by atoms with Crippen molar-refractivity contribution in [1.82, 2.24) is 14.5 Å². The fourth-order valence-corrected chi connectivity index (χ4v) is 8.23. The van der Waals surface area contributed by atoms with Crippen molar-refractivity contribution in [1.29, 1.82) is 0 Å². The van der Waals surface area contributed by atoms with E-state index in [-0.39, 0.29) is 0 Å². The Labute approximate surface area is 293 Å². The molecule has 0 saturated heterocycles. The maximum absolute atomic E-state index is 5.34. The number of nitrogens with zero attached hydrogens (tertiary/aromatic N) is 3. The summed E-state index contributed by atoms with van der Waals surface area (Å²) in [6, 6.07) is 62.6. The molecule has 234 valence electrons. The third kappa shape index (κ3) is 4.80. The molecule has 10 aromatic rings. The van der Waals surface area contributed by atoms with Gasteiger partial charge in [-0.3, -0.25) is 0 Å². The average molecular weight is 656 g/mol. The largest absolute Gasteiger partial charge is 0.309 e. The van der Waals surface area contributed by atoms with Gasteiger partial charge in [-0.15, -0.1) is 11.3 Å². The van der Waals surface area contributed by atoms with Gasteiger partial charge in [0, 0.05) is 26.6 Å². The van der Waals surface area contributed by atoms with Gasteiger partial charge in [-0.2, -0.15) is 0 Å².